The molecule has 3 aliphatic carbocycles. The summed E-state index contributed by atoms with van der Waals surface area (Å²) in [6.07, 6.45) is 11.5. The largest absolute Gasteiger partial charge is 4.00 e. The maximum atomic E-state index is 5.86. The second kappa shape index (κ2) is 12.1. The predicted molar refractivity (Wildman–Crippen MR) is 153 cm³/mol. The van der Waals surface area contributed by atoms with Crippen LogP contribution in [0.25, 0.3) is 4.98 Å². The molecule has 4 aliphatic rings. The van der Waals surface area contributed by atoms with E-state index in [2.05, 4.69) is 66.6 Å². The molecule has 4 rings (SSSR count). The van der Waals surface area contributed by atoms with E-state index in [1.165, 1.54) is 51.4 Å². The van der Waals surface area contributed by atoms with Crippen LogP contribution in [0, 0.1) is 57.3 Å². The topological polar surface area (TPSA) is 17.3 Å². The first-order chi connectivity index (χ1) is 13.8. The molecule has 0 N–H and O–H groups in total. The molecule has 0 spiro atoms. The van der Waals surface area contributed by atoms with Crippen molar-refractivity contribution >= 4 is 8.24 Å². The monoisotopic (exact) mass is 524 g/mol. The van der Waals surface area contributed by atoms with Gasteiger partial charge in [-0.15, -0.1) is 5.54 Å². The molecule has 0 bridgehead atoms. The van der Waals surface area contributed by atoms with E-state index in [0.29, 0.717) is 5.41 Å². The van der Waals surface area contributed by atoms with Gasteiger partial charge in [0, 0.05) is 12.1 Å². The van der Waals surface area contributed by atoms with Crippen LogP contribution in [0.1, 0.15) is 92.9 Å². The smallest absolute Gasteiger partial charge is 0.659 e. The van der Waals surface area contributed by atoms with E-state index >= 15 is 0 Å². The Morgan fingerprint density at radius 1 is 0.853 bits per heavy atom. The van der Waals surface area contributed by atoms with E-state index in [4.69, 9.17) is 4.98 Å². The van der Waals surface area contributed by atoms with Crippen LogP contribution in [0.15, 0.2) is 0 Å². The third kappa shape index (κ3) is 6.64. The van der Waals surface area contributed by atoms with E-state index in [-0.39, 0.29) is 49.5 Å². The minimum Gasteiger partial charge on any atom is -0.659 e. The maximum Gasteiger partial charge on any atom is 4.00 e. The summed E-state index contributed by atoms with van der Waals surface area (Å²) < 4.78 is 0. The molecule has 1 heterocycles. The first-order valence-corrected chi connectivity index (χ1v) is 16.3. The Kier molecular flexibility index (Phi) is 12.4. The number of hydrogen-bond acceptors (Lipinski definition) is 1. The Hall–Kier alpha value is 0.851. The molecule has 4 fully saturated rings. The first kappa shape index (κ1) is 34.9. The van der Waals surface area contributed by atoms with Crippen molar-refractivity contribution in [2.75, 3.05) is 7.05 Å². The number of rotatable bonds is 4. The van der Waals surface area contributed by atoms with Crippen LogP contribution < -0.4 is 0 Å². The SMILES string of the molecule is CC1CCC2C(C1)C1C(C3CCCCC3C1[Si](C)(C)[N-]C(C)(C)CC(C)(C)C)N2C.[CH3-].[CH3-].[CH3-].[Ti+4]. The van der Waals surface area contributed by atoms with Crippen LogP contribution >= 0.6 is 0 Å². The van der Waals surface area contributed by atoms with Gasteiger partial charge in [-0.3, -0.25) is 4.90 Å². The van der Waals surface area contributed by atoms with Crippen LogP contribution in [0.5, 0.6) is 0 Å². The zero-order valence-corrected chi connectivity index (χ0v) is 27.7. The Balaban J connectivity index is 0.00000272. The number of likely N-dealkylation sites (tertiary alicyclic amines) is 1. The molecule has 1 aliphatic heterocycles. The Morgan fingerprint density at radius 2 is 1.41 bits per heavy atom. The second-order valence-corrected chi connectivity index (χ2v) is 18.5. The van der Waals surface area contributed by atoms with E-state index in [0.717, 1.165) is 47.2 Å². The average molecular weight is 525 g/mol. The molecule has 0 aromatic heterocycles. The molecular formula is C30H60N2SiTi. The van der Waals surface area contributed by atoms with Crippen molar-refractivity contribution in [2.45, 2.75) is 129 Å². The molecule has 198 valence electrons. The first-order valence-electron chi connectivity index (χ1n) is 13.3. The van der Waals surface area contributed by atoms with Gasteiger partial charge in [-0.1, -0.05) is 94.1 Å². The summed E-state index contributed by atoms with van der Waals surface area (Å²) in [7, 11) is 0.786. The van der Waals surface area contributed by atoms with Gasteiger partial charge in [-0.25, -0.2) is 0 Å². The van der Waals surface area contributed by atoms with E-state index in [9.17, 15) is 0 Å². The van der Waals surface area contributed by atoms with E-state index in [1.54, 1.807) is 0 Å². The van der Waals surface area contributed by atoms with Gasteiger partial charge in [-0.2, -0.15) is 0 Å². The molecule has 4 heteroatoms. The van der Waals surface area contributed by atoms with E-state index in [1.807, 2.05) is 0 Å². The number of fused-ring (bicyclic) bond motifs is 5. The Bertz CT molecular complexity index is 628. The summed E-state index contributed by atoms with van der Waals surface area (Å²) in [6.45, 7) is 19.9. The summed E-state index contributed by atoms with van der Waals surface area (Å²) in [4.78, 5) is 8.79. The zero-order chi connectivity index (χ0) is 22.1. The van der Waals surface area contributed by atoms with Crippen LogP contribution in [0.4, 0.5) is 0 Å². The maximum absolute atomic E-state index is 5.86. The fourth-order valence-corrected chi connectivity index (χ4v) is 14.3. The third-order valence-electron chi connectivity index (χ3n) is 9.57. The van der Waals surface area contributed by atoms with Gasteiger partial charge in [0.1, 0.15) is 0 Å². The van der Waals surface area contributed by atoms with Crippen molar-refractivity contribution in [1.29, 1.82) is 0 Å². The molecule has 0 amide bonds. The summed E-state index contributed by atoms with van der Waals surface area (Å²) in [5.74, 6) is 4.75. The summed E-state index contributed by atoms with van der Waals surface area (Å²) in [5.41, 5.74) is 1.37. The van der Waals surface area contributed by atoms with E-state index < -0.39 is 8.24 Å². The quantitative estimate of drug-likeness (QED) is 0.265. The average Bonchev–Trinajstić information content (AvgIpc) is 3.06. The van der Waals surface area contributed by atoms with Gasteiger partial charge in [0.15, 0.2) is 0 Å². The zero-order valence-electron chi connectivity index (χ0n) is 25.2. The molecule has 2 nitrogen and oxygen atoms in total. The minimum absolute atomic E-state index is 0. The van der Waals surface area contributed by atoms with Crippen molar-refractivity contribution in [3.05, 3.63) is 27.3 Å². The fourth-order valence-electron chi connectivity index (χ4n) is 9.67. The number of hydrogen-bond donors (Lipinski definition) is 0. The van der Waals surface area contributed by atoms with Crippen LogP contribution in [0.2, 0.25) is 18.6 Å². The molecule has 34 heavy (non-hydrogen) atoms. The van der Waals surface area contributed by atoms with Gasteiger partial charge in [0.05, 0.1) is 0 Å². The van der Waals surface area contributed by atoms with Crippen molar-refractivity contribution < 1.29 is 21.7 Å². The Morgan fingerprint density at radius 3 is 1.97 bits per heavy atom. The minimum atomic E-state index is -1.73. The molecular weight excluding hydrogens is 464 g/mol. The van der Waals surface area contributed by atoms with Crippen LogP contribution in [-0.4, -0.2) is 37.8 Å². The summed E-state index contributed by atoms with van der Waals surface area (Å²) in [5, 5.41) is 0. The molecule has 8 atom stereocenters. The molecule has 3 saturated carbocycles. The molecule has 8 unspecified atom stereocenters. The Labute approximate surface area is 232 Å². The van der Waals surface area contributed by atoms with Gasteiger partial charge in [0.25, 0.3) is 0 Å². The van der Waals surface area contributed by atoms with Crippen molar-refractivity contribution in [2.24, 2.45) is 35.0 Å². The molecule has 0 aromatic rings. The van der Waals surface area contributed by atoms with Gasteiger partial charge in [0.2, 0.25) is 0 Å². The van der Waals surface area contributed by atoms with Crippen molar-refractivity contribution in [1.82, 2.24) is 4.90 Å². The normalized spacial score (nSPS) is 37.7. The summed E-state index contributed by atoms with van der Waals surface area (Å²) >= 11 is 0. The molecule has 1 saturated heterocycles. The second-order valence-electron chi connectivity index (χ2n) is 14.3. The standard InChI is InChI=1S/C27H51N2Si.3CH3.Ti/c1-18-14-15-22-21(16-18)23-24(29(22)7)19-12-10-11-13-20(19)25(23)30(8,9)28-27(5,6)17-26(2,3)4;;;;/h18-25H,10-17H2,1-9H3;3*1H3;/q4*-1;+4. The van der Waals surface area contributed by atoms with Gasteiger partial charge >= 0.3 is 21.7 Å². The van der Waals surface area contributed by atoms with Gasteiger partial charge < -0.3 is 27.3 Å². The van der Waals surface area contributed by atoms with Gasteiger partial charge in [-0.05, 0) is 67.7 Å². The van der Waals surface area contributed by atoms with Crippen LogP contribution in [-0.2, 0) is 21.7 Å². The molecule has 0 radical (unpaired) electrons. The number of nitrogens with zero attached hydrogens (tertiary/aromatic N) is 2. The third-order valence-corrected chi connectivity index (χ3v) is 13.2. The summed E-state index contributed by atoms with van der Waals surface area (Å²) in [6, 6.07) is 1.74. The van der Waals surface area contributed by atoms with Crippen LogP contribution in [0.3, 0.4) is 0 Å². The fraction of sp³-hybridized carbons (Fsp3) is 0.900. The molecule has 0 aromatic carbocycles. The van der Waals surface area contributed by atoms with Crippen molar-refractivity contribution in [3.63, 3.8) is 0 Å². The predicted octanol–water partition coefficient (Wildman–Crippen LogP) is 9.05. The van der Waals surface area contributed by atoms with Crippen molar-refractivity contribution in [3.8, 4) is 0 Å².